The molecule has 2 nitrogen and oxygen atoms in total. The molecule has 0 bridgehead atoms. The van der Waals surface area contributed by atoms with E-state index >= 15 is 0 Å². The van der Waals surface area contributed by atoms with Crippen LogP contribution in [0, 0.1) is 0 Å². The van der Waals surface area contributed by atoms with Crippen LogP contribution in [-0.2, 0) is 5.60 Å². The summed E-state index contributed by atoms with van der Waals surface area (Å²) in [6.45, 7) is 10.6. The number of aliphatic hydroxyl groups is 1. The first-order valence-electron chi connectivity index (χ1n) is 10.4. The van der Waals surface area contributed by atoms with Gasteiger partial charge in [-0.2, -0.15) is 0 Å². The highest BCUT2D eigenvalue weighted by Gasteiger charge is 2.31. The minimum atomic E-state index is -1.22. The van der Waals surface area contributed by atoms with Gasteiger partial charge in [-0.05, 0) is 41.0 Å². The predicted octanol–water partition coefficient (Wildman–Crippen LogP) is 6.96. The molecule has 0 fully saturated rings. The van der Waals surface area contributed by atoms with E-state index in [0.717, 1.165) is 16.8 Å². The second kappa shape index (κ2) is 8.75. The maximum atomic E-state index is 11.7. The lowest BCUT2D eigenvalue weighted by atomic mass is 9.86. The Bertz CT molecular complexity index is 944. The van der Waals surface area contributed by atoms with Gasteiger partial charge in [0.25, 0.3) is 0 Å². The van der Waals surface area contributed by atoms with Crippen molar-refractivity contribution in [2.75, 3.05) is 0 Å². The molecule has 0 spiro atoms. The Balaban J connectivity index is 2.31. The van der Waals surface area contributed by atoms with Gasteiger partial charge in [-0.15, -0.1) is 0 Å². The van der Waals surface area contributed by atoms with Crippen LogP contribution in [0.25, 0.3) is 0 Å². The largest absolute Gasteiger partial charge is 0.379 e. The highest BCUT2D eigenvalue weighted by molar-refractivity contribution is 6.08. The Morgan fingerprint density at radius 3 is 1.69 bits per heavy atom. The minimum Gasteiger partial charge on any atom is -0.379 e. The summed E-state index contributed by atoms with van der Waals surface area (Å²) in [5.74, 6) is 0.678. The first kappa shape index (κ1) is 21.0. The minimum absolute atomic E-state index is 0.339. The van der Waals surface area contributed by atoms with E-state index in [1.165, 1.54) is 11.1 Å². The summed E-state index contributed by atoms with van der Waals surface area (Å²) in [4.78, 5) is 5.19. The average molecular weight is 386 g/mol. The zero-order chi connectivity index (χ0) is 21.0. The summed E-state index contributed by atoms with van der Waals surface area (Å²) in [6.07, 6.45) is 0. The molecule has 0 aliphatic heterocycles. The van der Waals surface area contributed by atoms with Crippen molar-refractivity contribution in [3.05, 3.63) is 101 Å². The van der Waals surface area contributed by atoms with E-state index in [4.69, 9.17) is 4.99 Å². The molecule has 3 aromatic rings. The Labute approximate surface area is 175 Å². The molecule has 3 rings (SSSR count). The van der Waals surface area contributed by atoms with Gasteiger partial charge in [0.15, 0.2) is 0 Å². The Hall–Kier alpha value is -2.71. The van der Waals surface area contributed by atoms with Crippen LogP contribution in [0.5, 0.6) is 0 Å². The van der Waals surface area contributed by atoms with Crippen molar-refractivity contribution in [2.24, 2.45) is 4.99 Å². The monoisotopic (exact) mass is 385 g/mol. The van der Waals surface area contributed by atoms with Crippen LogP contribution in [0.4, 0.5) is 5.69 Å². The lowest BCUT2D eigenvalue weighted by Gasteiger charge is -2.28. The molecule has 0 aliphatic carbocycles. The second-order valence-corrected chi connectivity index (χ2v) is 8.36. The van der Waals surface area contributed by atoms with Gasteiger partial charge in [-0.1, -0.05) is 107 Å². The number of hydrogen-bond donors (Lipinski definition) is 1. The van der Waals surface area contributed by atoms with Crippen LogP contribution in [-0.4, -0.2) is 10.8 Å². The van der Waals surface area contributed by atoms with E-state index in [1.807, 2.05) is 67.6 Å². The van der Waals surface area contributed by atoms with Crippen molar-refractivity contribution in [2.45, 2.75) is 52.1 Å². The highest BCUT2D eigenvalue weighted by Crippen LogP contribution is 2.37. The van der Waals surface area contributed by atoms with E-state index in [0.29, 0.717) is 17.5 Å². The predicted molar refractivity (Wildman–Crippen MR) is 123 cm³/mol. The van der Waals surface area contributed by atoms with Crippen LogP contribution >= 0.6 is 0 Å². The average Bonchev–Trinajstić information content (AvgIpc) is 2.72. The van der Waals surface area contributed by atoms with Crippen molar-refractivity contribution < 1.29 is 5.11 Å². The first-order valence-corrected chi connectivity index (χ1v) is 10.4. The highest BCUT2D eigenvalue weighted by atomic mass is 16.3. The smallest absolute Gasteiger partial charge is 0.129 e. The molecular weight excluding hydrogens is 354 g/mol. The van der Waals surface area contributed by atoms with Gasteiger partial charge in [0.05, 0.1) is 11.4 Å². The molecule has 0 unspecified atom stereocenters. The van der Waals surface area contributed by atoms with Crippen LogP contribution in [0.3, 0.4) is 0 Å². The molecule has 29 heavy (non-hydrogen) atoms. The molecule has 0 saturated carbocycles. The van der Waals surface area contributed by atoms with Crippen molar-refractivity contribution >= 4 is 11.4 Å². The Morgan fingerprint density at radius 2 is 1.21 bits per heavy atom. The number of benzene rings is 3. The fourth-order valence-electron chi connectivity index (χ4n) is 3.70. The topological polar surface area (TPSA) is 32.6 Å². The lowest BCUT2D eigenvalue weighted by Crippen LogP contribution is -2.33. The van der Waals surface area contributed by atoms with Gasteiger partial charge in [0, 0.05) is 0 Å². The molecule has 150 valence electrons. The summed E-state index contributed by atoms with van der Waals surface area (Å²) in [6, 6.07) is 26.2. The van der Waals surface area contributed by atoms with Gasteiger partial charge in [0.1, 0.15) is 5.60 Å². The van der Waals surface area contributed by atoms with Crippen LogP contribution in [0.1, 0.15) is 68.7 Å². The summed E-state index contributed by atoms with van der Waals surface area (Å²) in [7, 11) is 0. The third-order valence-corrected chi connectivity index (χ3v) is 5.41. The molecule has 2 heteroatoms. The molecule has 3 aromatic carbocycles. The zero-order valence-corrected chi connectivity index (χ0v) is 18.1. The standard InChI is InChI=1S/C27H31NO/c1-19(2)23-17-12-18-24(20(3)4)25(23)28-26(21-13-8-6-9-14-21)27(5,29)22-15-10-7-11-16-22/h6-20,29H,1-5H3/t27-/m0/s1. The summed E-state index contributed by atoms with van der Waals surface area (Å²) >= 11 is 0. The van der Waals surface area contributed by atoms with Crippen molar-refractivity contribution in [3.63, 3.8) is 0 Å². The molecule has 0 amide bonds. The number of para-hydroxylation sites is 1. The summed E-state index contributed by atoms with van der Waals surface area (Å²) < 4.78 is 0. The number of nitrogens with zero attached hydrogens (tertiary/aromatic N) is 1. The summed E-state index contributed by atoms with van der Waals surface area (Å²) in [5, 5.41) is 11.7. The van der Waals surface area contributed by atoms with E-state index in [-0.39, 0.29) is 0 Å². The van der Waals surface area contributed by atoms with Gasteiger partial charge >= 0.3 is 0 Å². The molecule has 0 aliphatic rings. The zero-order valence-electron chi connectivity index (χ0n) is 18.1. The maximum Gasteiger partial charge on any atom is 0.129 e. The molecular formula is C27H31NO. The van der Waals surface area contributed by atoms with Crippen LogP contribution in [0.15, 0.2) is 83.9 Å². The van der Waals surface area contributed by atoms with Gasteiger partial charge in [0.2, 0.25) is 0 Å². The third-order valence-electron chi connectivity index (χ3n) is 5.41. The molecule has 0 heterocycles. The number of hydrogen-bond acceptors (Lipinski definition) is 2. The third kappa shape index (κ3) is 4.49. The number of aliphatic imine (C=N–C) groups is 1. The van der Waals surface area contributed by atoms with E-state index < -0.39 is 5.60 Å². The Morgan fingerprint density at radius 1 is 0.724 bits per heavy atom. The van der Waals surface area contributed by atoms with Crippen molar-refractivity contribution in [3.8, 4) is 0 Å². The molecule has 1 N–H and O–H groups in total. The molecule has 1 atom stereocenters. The lowest BCUT2D eigenvalue weighted by molar-refractivity contribution is 0.133. The quantitative estimate of drug-likeness (QED) is 0.457. The van der Waals surface area contributed by atoms with E-state index in [2.05, 4.69) is 45.9 Å². The van der Waals surface area contributed by atoms with Crippen LogP contribution in [0.2, 0.25) is 0 Å². The Kier molecular flexibility index (Phi) is 6.34. The van der Waals surface area contributed by atoms with Gasteiger partial charge < -0.3 is 5.11 Å². The van der Waals surface area contributed by atoms with Crippen molar-refractivity contribution in [1.82, 2.24) is 0 Å². The number of rotatable bonds is 6. The SMILES string of the molecule is CC(C)c1cccc(C(C)C)c1N=C(c1ccccc1)[C@@](C)(O)c1ccccc1. The summed E-state index contributed by atoms with van der Waals surface area (Å²) in [5.41, 5.74) is 4.58. The molecule has 0 aromatic heterocycles. The fourth-order valence-corrected chi connectivity index (χ4v) is 3.70. The van der Waals surface area contributed by atoms with E-state index in [1.54, 1.807) is 0 Å². The fraction of sp³-hybridized carbons (Fsp3) is 0.296. The maximum absolute atomic E-state index is 11.7. The van der Waals surface area contributed by atoms with Gasteiger partial charge in [-0.3, -0.25) is 0 Å². The van der Waals surface area contributed by atoms with Crippen LogP contribution < -0.4 is 0 Å². The normalized spacial score (nSPS) is 14.3. The van der Waals surface area contributed by atoms with Crippen molar-refractivity contribution in [1.29, 1.82) is 0 Å². The molecule has 0 radical (unpaired) electrons. The first-order chi connectivity index (χ1) is 13.8. The second-order valence-electron chi connectivity index (χ2n) is 8.36. The van der Waals surface area contributed by atoms with Gasteiger partial charge in [-0.25, -0.2) is 4.99 Å². The van der Waals surface area contributed by atoms with E-state index in [9.17, 15) is 5.11 Å². The molecule has 0 saturated heterocycles.